The van der Waals surface area contributed by atoms with Gasteiger partial charge in [0.1, 0.15) is 3.55 Å². The van der Waals surface area contributed by atoms with E-state index in [0.29, 0.717) is 0 Å². The van der Waals surface area contributed by atoms with Crippen molar-refractivity contribution in [3.63, 3.8) is 0 Å². The van der Waals surface area contributed by atoms with Crippen molar-refractivity contribution in [3.8, 4) is 0 Å². The van der Waals surface area contributed by atoms with Crippen LogP contribution in [0.3, 0.4) is 0 Å². The van der Waals surface area contributed by atoms with Crippen LogP contribution in [0.5, 0.6) is 0 Å². The molecule has 1 heterocycles. The van der Waals surface area contributed by atoms with Crippen molar-refractivity contribution in [1.29, 1.82) is 0 Å². The number of nitrogens with one attached hydrogen (secondary N) is 1. The first-order valence-corrected chi connectivity index (χ1v) is 5.25. The standard InChI is InChI=1S/C9H10IN3O/c1-9(10)6-4-2-3-5-7(6)12-8(14)13(9)11/h2-5H,11H2,1H3,(H,12,14). The van der Waals surface area contributed by atoms with E-state index in [1.807, 2.05) is 31.2 Å². The fourth-order valence-corrected chi connectivity index (χ4v) is 2.18. The lowest BCUT2D eigenvalue weighted by atomic mass is 10.0. The molecular weight excluding hydrogens is 293 g/mol. The van der Waals surface area contributed by atoms with Crippen LogP contribution in [0.4, 0.5) is 10.5 Å². The zero-order valence-electron chi connectivity index (χ0n) is 7.62. The van der Waals surface area contributed by atoms with Crippen LogP contribution in [0.15, 0.2) is 24.3 Å². The van der Waals surface area contributed by atoms with E-state index in [1.54, 1.807) is 0 Å². The summed E-state index contributed by atoms with van der Waals surface area (Å²) in [6.07, 6.45) is 0. The Kier molecular flexibility index (Phi) is 2.15. The molecular formula is C9H10IN3O. The summed E-state index contributed by atoms with van der Waals surface area (Å²) in [7, 11) is 0. The van der Waals surface area contributed by atoms with Crippen molar-refractivity contribution in [2.24, 2.45) is 5.84 Å². The quantitative estimate of drug-likeness (QED) is 0.253. The number of carbonyl (C=O) groups excluding carboxylic acids is 1. The highest BCUT2D eigenvalue weighted by Crippen LogP contribution is 2.40. The number of halogens is 1. The number of nitrogens with two attached hydrogens (primary N) is 1. The molecule has 1 aromatic carbocycles. The SMILES string of the molecule is CC1(I)c2ccccc2NC(=O)N1N. The van der Waals surface area contributed by atoms with E-state index in [0.717, 1.165) is 11.3 Å². The van der Waals surface area contributed by atoms with Crippen LogP contribution in [0, 0.1) is 0 Å². The Labute approximate surface area is 95.6 Å². The number of anilines is 1. The second kappa shape index (κ2) is 3.09. The molecule has 0 saturated carbocycles. The molecule has 4 nitrogen and oxygen atoms in total. The molecule has 0 radical (unpaired) electrons. The van der Waals surface area contributed by atoms with E-state index >= 15 is 0 Å². The number of benzene rings is 1. The predicted octanol–water partition coefficient (Wildman–Crippen LogP) is 2.02. The lowest BCUT2D eigenvalue weighted by Gasteiger charge is -2.38. The highest BCUT2D eigenvalue weighted by molar-refractivity contribution is 14.1. The van der Waals surface area contributed by atoms with E-state index in [-0.39, 0.29) is 6.03 Å². The molecule has 1 aliphatic heterocycles. The number of hydrogen-bond acceptors (Lipinski definition) is 2. The van der Waals surface area contributed by atoms with Crippen LogP contribution < -0.4 is 11.2 Å². The Morgan fingerprint density at radius 1 is 1.50 bits per heavy atom. The average Bonchev–Trinajstić information content (AvgIpc) is 2.15. The molecule has 74 valence electrons. The fourth-order valence-electron chi connectivity index (χ4n) is 1.49. The van der Waals surface area contributed by atoms with Crippen LogP contribution in [-0.2, 0) is 3.55 Å². The minimum absolute atomic E-state index is 0.277. The minimum atomic E-state index is -0.489. The van der Waals surface area contributed by atoms with E-state index in [2.05, 4.69) is 27.9 Å². The summed E-state index contributed by atoms with van der Waals surface area (Å²) >= 11 is 2.16. The number of alkyl halides is 1. The number of nitrogens with zero attached hydrogens (tertiary/aromatic N) is 1. The summed E-state index contributed by atoms with van der Waals surface area (Å²) in [6, 6.07) is 7.37. The van der Waals surface area contributed by atoms with Crippen LogP contribution in [0.25, 0.3) is 0 Å². The van der Waals surface area contributed by atoms with Crippen LogP contribution in [0.1, 0.15) is 12.5 Å². The zero-order valence-corrected chi connectivity index (χ0v) is 9.78. The molecule has 0 saturated heterocycles. The topological polar surface area (TPSA) is 58.4 Å². The Balaban J connectivity index is 2.59. The van der Waals surface area contributed by atoms with Gasteiger partial charge in [-0.25, -0.2) is 15.6 Å². The first-order valence-electron chi connectivity index (χ1n) is 4.18. The molecule has 2 amide bonds. The number of urea groups is 1. The average molecular weight is 303 g/mol. The van der Waals surface area contributed by atoms with Crippen molar-refractivity contribution in [2.45, 2.75) is 10.5 Å². The smallest absolute Gasteiger partial charge is 0.306 e. The maximum atomic E-state index is 11.5. The molecule has 14 heavy (non-hydrogen) atoms. The predicted molar refractivity (Wildman–Crippen MR) is 62.9 cm³/mol. The van der Waals surface area contributed by atoms with Crippen molar-refractivity contribution >= 4 is 34.3 Å². The van der Waals surface area contributed by atoms with Gasteiger partial charge >= 0.3 is 6.03 Å². The van der Waals surface area contributed by atoms with E-state index in [4.69, 9.17) is 5.84 Å². The molecule has 1 atom stereocenters. The Morgan fingerprint density at radius 2 is 2.14 bits per heavy atom. The summed E-state index contributed by atoms with van der Waals surface area (Å²) in [5.41, 5.74) is 1.85. The number of carbonyl (C=O) groups is 1. The van der Waals surface area contributed by atoms with Crippen molar-refractivity contribution in [2.75, 3.05) is 5.32 Å². The zero-order chi connectivity index (χ0) is 10.3. The second-order valence-corrected chi connectivity index (χ2v) is 5.40. The van der Waals surface area contributed by atoms with Crippen LogP contribution in [0.2, 0.25) is 0 Å². The van der Waals surface area contributed by atoms with Gasteiger partial charge in [-0.3, -0.25) is 0 Å². The third-order valence-corrected chi connectivity index (χ3v) is 3.43. The van der Waals surface area contributed by atoms with Gasteiger partial charge in [0.2, 0.25) is 0 Å². The van der Waals surface area contributed by atoms with Crippen LogP contribution >= 0.6 is 22.6 Å². The fraction of sp³-hybridized carbons (Fsp3) is 0.222. The molecule has 0 aromatic heterocycles. The third-order valence-electron chi connectivity index (χ3n) is 2.33. The van der Waals surface area contributed by atoms with Gasteiger partial charge in [-0.2, -0.15) is 0 Å². The van der Waals surface area contributed by atoms with Gasteiger partial charge in [-0.1, -0.05) is 18.2 Å². The maximum Gasteiger partial charge on any atom is 0.337 e. The Morgan fingerprint density at radius 3 is 2.86 bits per heavy atom. The van der Waals surface area contributed by atoms with Gasteiger partial charge in [0, 0.05) is 11.3 Å². The van der Waals surface area contributed by atoms with E-state index < -0.39 is 3.55 Å². The molecule has 1 aliphatic rings. The molecule has 1 aromatic rings. The number of para-hydroxylation sites is 1. The molecule has 5 heteroatoms. The number of fused-ring (bicyclic) bond motifs is 1. The van der Waals surface area contributed by atoms with Crippen molar-refractivity contribution < 1.29 is 4.79 Å². The molecule has 0 aliphatic carbocycles. The highest BCUT2D eigenvalue weighted by atomic mass is 127. The lowest BCUT2D eigenvalue weighted by Crippen LogP contribution is -2.53. The molecule has 2 rings (SSSR count). The molecule has 1 unspecified atom stereocenters. The van der Waals surface area contributed by atoms with E-state index in [1.165, 1.54) is 5.01 Å². The molecule has 0 fully saturated rings. The summed E-state index contributed by atoms with van der Waals surface area (Å²) in [6.45, 7) is 1.91. The monoisotopic (exact) mass is 303 g/mol. The minimum Gasteiger partial charge on any atom is -0.306 e. The van der Waals surface area contributed by atoms with Gasteiger partial charge in [0.05, 0.1) is 0 Å². The Bertz CT molecular complexity index is 391. The first-order chi connectivity index (χ1) is 6.53. The molecule has 3 N–H and O–H groups in total. The second-order valence-electron chi connectivity index (χ2n) is 3.30. The van der Waals surface area contributed by atoms with Gasteiger partial charge in [-0.05, 0) is 35.6 Å². The van der Waals surface area contributed by atoms with Gasteiger partial charge in [0.15, 0.2) is 0 Å². The normalized spacial score (nSPS) is 25.6. The highest BCUT2D eigenvalue weighted by Gasteiger charge is 2.38. The number of hydrogen-bond donors (Lipinski definition) is 2. The first kappa shape index (κ1) is 9.72. The van der Waals surface area contributed by atoms with E-state index in [9.17, 15) is 4.79 Å². The number of amides is 2. The Hall–Kier alpha value is -0.820. The number of hydrazine groups is 1. The molecule has 0 bridgehead atoms. The summed E-state index contributed by atoms with van der Waals surface area (Å²) in [4.78, 5) is 11.5. The van der Waals surface area contributed by atoms with Gasteiger partial charge in [-0.15, -0.1) is 0 Å². The van der Waals surface area contributed by atoms with Crippen molar-refractivity contribution in [1.82, 2.24) is 5.01 Å². The lowest BCUT2D eigenvalue weighted by molar-refractivity contribution is 0.185. The van der Waals surface area contributed by atoms with Crippen LogP contribution in [-0.4, -0.2) is 11.0 Å². The molecule has 0 spiro atoms. The largest absolute Gasteiger partial charge is 0.337 e. The number of rotatable bonds is 0. The third kappa shape index (κ3) is 1.27. The van der Waals surface area contributed by atoms with Gasteiger partial charge < -0.3 is 5.32 Å². The van der Waals surface area contributed by atoms with Gasteiger partial charge in [0.25, 0.3) is 0 Å². The summed E-state index contributed by atoms with van der Waals surface area (Å²) < 4.78 is -0.489. The summed E-state index contributed by atoms with van der Waals surface area (Å²) in [5.74, 6) is 5.68. The van der Waals surface area contributed by atoms with Crippen molar-refractivity contribution in [3.05, 3.63) is 29.8 Å². The maximum absolute atomic E-state index is 11.5. The summed E-state index contributed by atoms with van der Waals surface area (Å²) in [5, 5.41) is 3.93.